The molecule has 2 aromatic carbocycles. The van der Waals surface area contributed by atoms with Crippen molar-refractivity contribution in [1.29, 1.82) is 0 Å². The molecule has 0 bridgehead atoms. The van der Waals surface area contributed by atoms with Gasteiger partial charge in [-0.25, -0.2) is 9.37 Å². The average Bonchev–Trinajstić information content (AvgIpc) is 3.31. The van der Waals surface area contributed by atoms with E-state index in [1.807, 2.05) is 46.3 Å². The summed E-state index contributed by atoms with van der Waals surface area (Å²) in [5, 5.41) is 5.07. The van der Waals surface area contributed by atoms with Crippen molar-refractivity contribution in [3.05, 3.63) is 77.2 Å². The van der Waals surface area contributed by atoms with Gasteiger partial charge in [-0.3, -0.25) is 9.20 Å². The minimum Gasteiger partial charge on any atom is -0.349 e. The van der Waals surface area contributed by atoms with Crippen LogP contribution in [0.15, 0.2) is 65.0 Å². The number of amides is 1. The first-order valence-electron chi connectivity index (χ1n) is 9.40. The third kappa shape index (κ3) is 3.68. The molecule has 1 aliphatic heterocycles. The van der Waals surface area contributed by atoms with Gasteiger partial charge in [-0.15, -0.1) is 23.1 Å². The topological polar surface area (TPSA) is 46.4 Å². The van der Waals surface area contributed by atoms with Crippen LogP contribution < -0.4 is 5.32 Å². The number of thiazole rings is 1. The van der Waals surface area contributed by atoms with E-state index in [0.29, 0.717) is 0 Å². The molecule has 7 heteroatoms. The molecule has 29 heavy (non-hydrogen) atoms. The van der Waals surface area contributed by atoms with Crippen LogP contribution in [0, 0.1) is 5.82 Å². The molecule has 146 valence electrons. The van der Waals surface area contributed by atoms with Crippen molar-refractivity contribution in [1.82, 2.24) is 14.7 Å². The Bertz CT molecular complexity index is 1190. The summed E-state index contributed by atoms with van der Waals surface area (Å²) in [6.07, 6.45) is 3.04. The predicted octanol–water partition coefficient (Wildman–Crippen LogP) is 5.10. The van der Waals surface area contributed by atoms with Gasteiger partial charge in [0.05, 0.1) is 18.2 Å². The van der Waals surface area contributed by atoms with Crippen LogP contribution in [-0.2, 0) is 11.2 Å². The summed E-state index contributed by atoms with van der Waals surface area (Å²) < 4.78 is 15.7. The SMILES string of the molecule is O=C(Cc1csc2nc(-c3ccccc3)cn12)NC1CCSc2ccc(F)cc21. The highest BCUT2D eigenvalue weighted by atomic mass is 32.2. The molecule has 1 atom stereocenters. The molecule has 4 aromatic rings. The van der Waals surface area contributed by atoms with Gasteiger partial charge in [0.1, 0.15) is 5.82 Å². The molecule has 4 nitrogen and oxygen atoms in total. The van der Waals surface area contributed by atoms with Crippen LogP contribution in [0.4, 0.5) is 4.39 Å². The van der Waals surface area contributed by atoms with Crippen molar-refractivity contribution in [2.24, 2.45) is 0 Å². The molecule has 1 unspecified atom stereocenters. The zero-order valence-corrected chi connectivity index (χ0v) is 17.1. The maximum atomic E-state index is 13.7. The van der Waals surface area contributed by atoms with Crippen LogP contribution in [0.1, 0.15) is 23.7 Å². The second kappa shape index (κ2) is 7.65. The Morgan fingerprint density at radius 1 is 1.24 bits per heavy atom. The Hall–Kier alpha value is -2.64. The third-order valence-corrected chi connectivity index (χ3v) is 7.05. The van der Waals surface area contributed by atoms with Gasteiger partial charge in [0.15, 0.2) is 4.96 Å². The summed E-state index contributed by atoms with van der Waals surface area (Å²) in [6.45, 7) is 0. The van der Waals surface area contributed by atoms with Crippen molar-refractivity contribution in [2.45, 2.75) is 23.8 Å². The summed E-state index contributed by atoms with van der Waals surface area (Å²) in [5.74, 6) is 0.581. The molecular formula is C22H18FN3OS2. The number of nitrogens with one attached hydrogen (secondary N) is 1. The highest BCUT2D eigenvalue weighted by Crippen LogP contribution is 2.36. The standard InChI is InChI=1S/C22H18FN3OS2/c23-15-6-7-20-17(10-15)18(8-9-28-20)24-21(27)11-16-13-29-22-25-19(12-26(16)22)14-4-2-1-3-5-14/h1-7,10,12-13,18H,8-9,11H2,(H,24,27). The lowest BCUT2D eigenvalue weighted by atomic mass is 10.0. The van der Waals surface area contributed by atoms with E-state index >= 15 is 0 Å². The molecule has 0 fully saturated rings. The van der Waals surface area contributed by atoms with Crippen LogP contribution in [-0.4, -0.2) is 21.0 Å². The number of carbonyl (C=O) groups is 1. The Balaban J connectivity index is 1.35. The molecule has 0 aliphatic carbocycles. The van der Waals surface area contributed by atoms with E-state index in [1.54, 1.807) is 17.8 Å². The molecule has 1 aliphatic rings. The first kappa shape index (κ1) is 18.4. The first-order chi connectivity index (χ1) is 14.2. The molecule has 2 aromatic heterocycles. The summed E-state index contributed by atoms with van der Waals surface area (Å²) in [7, 11) is 0. The van der Waals surface area contributed by atoms with Gasteiger partial charge >= 0.3 is 0 Å². The predicted molar refractivity (Wildman–Crippen MR) is 115 cm³/mol. The molecule has 1 N–H and O–H groups in total. The van der Waals surface area contributed by atoms with E-state index < -0.39 is 0 Å². The Labute approximate surface area is 175 Å². The lowest BCUT2D eigenvalue weighted by Gasteiger charge is -2.26. The number of rotatable bonds is 4. The molecule has 0 spiro atoms. The minimum absolute atomic E-state index is 0.0632. The number of benzene rings is 2. The normalized spacial score (nSPS) is 16.0. The number of imidazole rings is 1. The van der Waals surface area contributed by atoms with Gasteiger partial charge in [0.2, 0.25) is 5.91 Å². The molecule has 0 radical (unpaired) electrons. The van der Waals surface area contributed by atoms with Crippen molar-refractivity contribution >= 4 is 34.0 Å². The quantitative estimate of drug-likeness (QED) is 0.497. The molecule has 0 saturated carbocycles. The fraction of sp³-hybridized carbons (Fsp3) is 0.182. The van der Waals surface area contributed by atoms with E-state index in [9.17, 15) is 9.18 Å². The van der Waals surface area contributed by atoms with Crippen LogP contribution >= 0.6 is 23.1 Å². The second-order valence-corrected chi connectivity index (χ2v) is 8.96. The summed E-state index contributed by atoms with van der Waals surface area (Å²) in [6, 6.07) is 14.7. The van der Waals surface area contributed by atoms with Crippen LogP contribution in [0.5, 0.6) is 0 Å². The summed E-state index contributed by atoms with van der Waals surface area (Å²) in [4.78, 5) is 19.3. The second-order valence-electron chi connectivity index (χ2n) is 6.99. The number of aromatic nitrogens is 2. The first-order valence-corrected chi connectivity index (χ1v) is 11.3. The van der Waals surface area contributed by atoms with E-state index in [4.69, 9.17) is 0 Å². The fourth-order valence-electron chi connectivity index (χ4n) is 3.63. The van der Waals surface area contributed by atoms with Crippen LogP contribution in [0.25, 0.3) is 16.2 Å². The average molecular weight is 424 g/mol. The van der Waals surface area contributed by atoms with Gasteiger partial charge in [-0.1, -0.05) is 30.3 Å². The third-order valence-electron chi connectivity index (χ3n) is 5.04. The molecule has 3 heterocycles. The Kier molecular flexibility index (Phi) is 4.85. The van der Waals surface area contributed by atoms with Gasteiger partial charge in [0, 0.05) is 33.5 Å². The lowest BCUT2D eigenvalue weighted by molar-refractivity contribution is -0.121. The highest BCUT2D eigenvalue weighted by molar-refractivity contribution is 7.99. The van der Waals surface area contributed by atoms with E-state index in [1.165, 1.54) is 23.5 Å². The van der Waals surface area contributed by atoms with Crippen molar-refractivity contribution in [3.8, 4) is 11.3 Å². The molecule has 0 saturated heterocycles. The number of fused-ring (bicyclic) bond motifs is 2. The maximum Gasteiger partial charge on any atom is 0.226 e. The Morgan fingerprint density at radius 2 is 2.10 bits per heavy atom. The molecular weight excluding hydrogens is 405 g/mol. The Morgan fingerprint density at radius 3 is 2.97 bits per heavy atom. The number of hydrogen-bond donors (Lipinski definition) is 1. The zero-order valence-electron chi connectivity index (χ0n) is 15.5. The largest absolute Gasteiger partial charge is 0.349 e. The number of hydrogen-bond acceptors (Lipinski definition) is 4. The van der Waals surface area contributed by atoms with Crippen LogP contribution in [0.3, 0.4) is 0 Å². The maximum absolute atomic E-state index is 13.7. The monoisotopic (exact) mass is 423 g/mol. The molecule has 1 amide bonds. The van der Waals surface area contributed by atoms with Gasteiger partial charge in [-0.2, -0.15) is 0 Å². The molecule has 5 rings (SSSR count). The summed E-state index contributed by atoms with van der Waals surface area (Å²) in [5.41, 5.74) is 3.73. The van der Waals surface area contributed by atoms with Gasteiger partial charge in [0.25, 0.3) is 0 Å². The van der Waals surface area contributed by atoms with Crippen molar-refractivity contribution < 1.29 is 9.18 Å². The van der Waals surface area contributed by atoms with E-state index in [2.05, 4.69) is 10.3 Å². The van der Waals surface area contributed by atoms with Gasteiger partial charge < -0.3 is 5.32 Å². The van der Waals surface area contributed by atoms with Crippen LogP contribution in [0.2, 0.25) is 0 Å². The zero-order chi connectivity index (χ0) is 19.8. The lowest BCUT2D eigenvalue weighted by Crippen LogP contribution is -2.32. The number of thioether (sulfide) groups is 1. The number of carbonyl (C=O) groups excluding carboxylic acids is 1. The highest BCUT2D eigenvalue weighted by Gasteiger charge is 2.23. The fourth-order valence-corrected chi connectivity index (χ4v) is 5.61. The summed E-state index contributed by atoms with van der Waals surface area (Å²) >= 11 is 3.23. The van der Waals surface area contributed by atoms with E-state index in [0.717, 1.165) is 44.5 Å². The van der Waals surface area contributed by atoms with E-state index in [-0.39, 0.29) is 24.2 Å². The number of nitrogens with zero attached hydrogens (tertiary/aromatic N) is 2. The minimum atomic E-state index is -0.267. The number of halogens is 1. The smallest absolute Gasteiger partial charge is 0.226 e. The van der Waals surface area contributed by atoms with Crippen molar-refractivity contribution in [3.63, 3.8) is 0 Å². The van der Waals surface area contributed by atoms with Crippen molar-refractivity contribution in [2.75, 3.05) is 5.75 Å². The van der Waals surface area contributed by atoms with Gasteiger partial charge in [-0.05, 0) is 30.2 Å².